The molecular weight excluding hydrogens is 470 g/mol. The molecule has 37 heavy (non-hydrogen) atoms. The van der Waals surface area contributed by atoms with Crippen molar-refractivity contribution in [3.8, 4) is 11.8 Å². The molecule has 1 saturated heterocycles. The maximum absolute atomic E-state index is 13.1. The zero-order valence-electron chi connectivity index (χ0n) is 23.0. The normalized spacial score (nSPS) is 17.0. The van der Waals surface area contributed by atoms with Crippen LogP contribution in [0.3, 0.4) is 0 Å². The molecule has 0 saturated carbocycles. The number of β-amino-alcohol motifs (C(OH)–C–C–N with tert-alkyl or cyclic N) is 1. The number of nitrogens with zero attached hydrogens (tertiary/aromatic N) is 5. The summed E-state index contributed by atoms with van der Waals surface area (Å²) in [5, 5.41) is 20.3. The summed E-state index contributed by atoms with van der Waals surface area (Å²) in [4.78, 5) is 30.2. The third-order valence-electron chi connectivity index (χ3n) is 7.09. The van der Waals surface area contributed by atoms with Crippen LogP contribution in [0.2, 0.25) is 0 Å². The molecule has 1 N–H and O–H groups in total. The first-order valence-corrected chi connectivity index (χ1v) is 13.2. The minimum Gasteiger partial charge on any atom is -0.485 e. The van der Waals surface area contributed by atoms with Gasteiger partial charge in [-0.15, -0.1) is 0 Å². The number of aliphatic hydroxyl groups excluding tert-OH is 1. The zero-order valence-corrected chi connectivity index (χ0v) is 23.0. The van der Waals surface area contributed by atoms with Crippen LogP contribution in [0.25, 0.3) is 0 Å². The topological polar surface area (TPSA) is 104 Å². The van der Waals surface area contributed by atoms with Gasteiger partial charge in [-0.3, -0.25) is 18.8 Å². The molecule has 2 atom stereocenters. The van der Waals surface area contributed by atoms with Gasteiger partial charge in [0.25, 0.3) is 5.56 Å². The Morgan fingerprint density at radius 1 is 1.03 bits per heavy atom. The third-order valence-corrected chi connectivity index (χ3v) is 7.09. The molecule has 0 amide bonds. The molecule has 1 aliphatic rings. The van der Waals surface area contributed by atoms with Crippen LogP contribution in [0.4, 0.5) is 5.82 Å². The van der Waals surface area contributed by atoms with E-state index in [2.05, 4.69) is 22.8 Å². The molecule has 202 valence electrons. The first-order valence-electron chi connectivity index (χ1n) is 13.2. The van der Waals surface area contributed by atoms with Gasteiger partial charge in [0.1, 0.15) is 23.3 Å². The minimum absolute atomic E-state index is 0.0814. The summed E-state index contributed by atoms with van der Waals surface area (Å²) in [6, 6.07) is 10.3. The van der Waals surface area contributed by atoms with Crippen LogP contribution < -0.4 is 20.9 Å². The van der Waals surface area contributed by atoms with Crippen molar-refractivity contribution in [2.75, 3.05) is 37.6 Å². The number of anilines is 1. The molecule has 1 fully saturated rings. The van der Waals surface area contributed by atoms with E-state index >= 15 is 0 Å². The molecule has 1 aromatic carbocycles. The second kappa shape index (κ2) is 12.0. The SMILES string of the molecule is CCCC(C)(Oc1ccc(C#N)cc1)C(O)CN1CCN(c2cc(=O)n(C(C)C)c(=O)n2C(C)C)CC1. The number of hydrogen-bond acceptors (Lipinski definition) is 7. The van der Waals surface area contributed by atoms with Gasteiger partial charge in [-0.2, -0.15) is 5.26 Å². The van der Waals surface area contributed by atoms with E-state index in [1.807, 2.05) is 34.6 Å². The fraction of sp³-hybridized carbons (Fsp3) is 0.607. The van der Waals surface area contributed by atoms with Gasteiger partial charge in [-0.05, 0) is 65.3 Å². The number of benzene rings is 1. The van der Waals surface area contributed by atoms with Gasteiger partial charge in [0.05, 0.1) is 11.6 Å². The third kappa shape index (κ3) is 6.43. The number of hydrogen-bond donors (Lipinski definition) is 1. The molecule has 2 unspecified atom stereocenters. The Kier molecular flexibility index (Phi) is 9.21. The summed E-state index contributed by atoms with van der Waals surface area (Å²) in [5.41, 5.74) is -0.771. The first kappa shape index (κ1) is 28.5. The van der Waals surface area contributed by atoms with Crippen molar-refractivity contribution in [1.29, 1.82) is 5.26 Å². The first-order chi connectivity index (χ1) is 17.5. The van der Waals surface area contributed by atoms with Crippen molar-refractivity contribution >= 4 is 5.82 Å². The molecule has 1 aromatic heterocycles. The fourth-order valence-electron chi connectivity index (χ4n) is 5.01. The second-order valence-corrected chi connectivity index (χ2v) is 10.7. The van der Waals surface area contributed by atoms with E-state index in [0.29, 0.717) is 56.3 Å². The average molecular weight is 512 g/mol. The minimum atomic E-state index is -0.778. The number of aromatic nitrogens is 2. The van der Waals surface area contributed by atoms with Crippen molar-refractivity contribution in [1.82, 2.24) is 14.0 Å². The standard InChI is InChI=1S/C28H41N5O4/c1-7-12-28(6,37-23-10-8-22(18-29)9-11-23)24(34)19-30-13-15-31(16-14-30)25-17-26(35)33(21(4)5)27(36)32(25)20(2)3/h8-11,17,20-21,24,34H,7,12-16,19H2,1-6H3. The second-order valence-electron chi connectivity index (χ2n) is 10.7. The van der Waals surface area contributed by atoms with Gasteiger partial charge in [0, 0.05) is 50.9 Å². The molecule has 9 nitrogen and oxygen atoms in total. The monoisotopic (exact) mass is 511 g/mol. The molecule has 3 rings (SSSR count). The lowest BCUT2D eigenvalue weighted by molar-refractivity contribution is -0.0619. The molecule has 2 heterocycles. The van der Waals surface area contributed by atoms with Gasteiger partial charge < -0.3 is 14.7 Å². The number of ether oxygens (including phenoxy) is 1. The highest BCUT2D eigenvalue weighted by atomic mass is 16.5. The summed E-state index contributed by atoms with van der Waals surface area (Å²) in [6.45, 7) is 14.7. The lowest BCUT2D eigenvalue weighted by atomic mass is 9.92. The van der Waals surface area contributed by atoms with Crippen molar-refractivity contribution in [3.05, 3.63) is 56.7 Å². The molecule has 0 aliphatic carbocycles. The van der Waals surface area contributed by atoms with E-state index < -0.39 is 11.7 Å². The van der Waals surface area contributed by atoms with Crippen molar-refractivity contribution in [3.63, 3.8) is 0 Å². The summed E-state index contributed by atoms with van der Waals surface area (Å²) < 4.78 is 9.27. The van der Waals surface area contributed by atoms with E-state index in [0.717, 1.165) is 6.42 Å². The summed E-state index contributed by atoms with van der Waals surface area (Å²) in [7, 11) is 0. The van der Waals surface area contributed by atoms with E-state index in [4.69, 9.17) is 10.00 Å². The van der Waals surface area contributed by atoms with Crippen LogP contribution in [0, 0.1) is 11.3 Å². The predicted molar refractivity (Wildman–Crippen MR) is 145 cm³/mol. The Balaban J connectivity index is 1.71. The highest BCUT2D eigenvalue weighted by molar-refractivity contribution is 5.40. The molecule has 0 spiro atoms. The van der Waals surface area contributed by atoms with Crippen LogP contribution >= 0.6 is 0 Å². The van der Waals surface area contributed by atoms with Crippen LogP contribution in [0.1, 0.15) is 72.0 Å². The average Bonchev–Trinajstić information content (AvgIpc) is 2.84. The van der Waals surface area contributed by atoms with Crippen molar-refractivity contribution in [2.24, 2.45) is 0 Å². The summed E-state index contributed by atoms with van der Waals surface area (Å²) in [5.74, 6) is 1.28. The van der Waals surface area contributed by atoms with E-state index in [-0.39, 0.29) is 23.3 Å². The van der Waals surface area contributed by atoms with E-state index in [1.54, 1.807) is 34.9 Å². The number of piperazine rings is 1. The lowest BCUT2D eigenvalue weighted by Gasteiger charge is -2.41. The van der Waals surface area contributed by atoms with Gasteiger partial charge in [0.15, 0.2) is 0 Å². The number of aliphatic hydroxyl groups is 1. The fourth-order valence-corrected chi connectivity index (χ4v) is 5.01. The van der Waals surface area contributed by atoms with Gasteiger partial charge in [0.2, 0.25) is 0 Å². The Morgan fingerprint density at radius 3 is 2.14 bits per heavy atom. The Labute approximate surface area is 219 Å². The van der Waals surface area contributed by atoms with Crippen LogP contribution in [-0.4, -0.2) is 63.6 Å². The molecule has 0 radical (unpaired) electrons. The Bertz CT molecular complexity index is 1200. The van der Waals surface area contributed by atoms with Crippen molar-refractivity contribution < 1.29 is 9.84 Å². The molecule has 1 aliphatic heterocycles. The van der Waals surface area contributed by atoms with Crippen molar-refractivity contribution in [2.45, 2.75) is 78.2 Å². The van der Waals surface area contributed by atoms with Gasteiger partial charge >= 0.3 is 5.69 Å². The largest absolute Gasteiger partial charge is 0.485 e. The van der Waals surface area contributed by atoms with Crippen LogP contribution in [0.5, 0.6) is 5.75 Å². The molecule has 2 aromatic rings. The van der Waals surface area contributed by atoms with E-state index in [9.17, 15) is 14.7 Å². The highest BCUT2D eigenvalue weighted by Gasteiger charge is 2.36. The Morgan fingerprint density at radius 2 is 1.62 bits per heavy atom. The maximum atomic E-state index is 13.1. The van der Waals surface area contributed by atoms with Crippen LogP contribution in [0.15, 0.2) is 39.9 Å². The van der Waals surface area contributed by atoms with E-state index in [1.165, 1.54) is 4.57 Å². The highest BCUT2D eigenvalue weighted by Crippen LogP contribution is 2.27. The lowest BCUT2D eigenvalue weighted by Crippen LogP contribution is -2.55. The van der Waals surface area contributed by atoms with Gasteiger partial charge in [-0.1, -0.05) is 13.3 Å². The zero-order chi connectivity index (χ0) is 27.3. The number of rotatable bonds is 10. The predicted octanol–water partition coefficient (Wildman–Crippen LogP) is 3.16. The van der Waals surface area contributed by atoms with Gasteiger partial charge in [-0.25, -0.2) is 4.79 Å². The quantitative estimate of drug-likeness (QED) is 0.523. The molecular formula is C28H41N5O4. The van der Waals surface area contributed by atoms with Crippen LogP contribution in [-0.2, 0) is 0 Å². The smallest absolute Gasteiger partial charge is 0.333 e. The maximum Gasteiger partial charge on any atom is 0.333 e. The summed E-state index contributed by atoms with van der Waals surface area (Å²) in [6.07, 6.45) is 0.811. The molecule has 0 bridgehead atoms. The molecule has 9 heteroatoms. The Hall–Kier alpha value is -3.09. The summed E-state index contributed by atoms with van der Waals surface area (Å²) >= 11 is 0. The number of nitriles is 1.